The highest BCUT2D eigenvalue weighted by molar-refractivity contribution is 5.93. The van der Waals surface area contributed by atoms with Gasteiger partial charge in [-0.2, -0.15) is 0 Å². The Labute approximate surface area is 98.8 Å². The molecule has 94 valence electrons. The summed E-state index contributed by atoms with van der Waals surface area (Å²) in [6.45, 7) is 2.53. The first kappa shape index (κ1) is 15.1. The van der Waals surface area contributed by atoms with Crippen LogP contribution in [0.1, 0.15) is 32.6 Å². The molecule has 0 aliphatic carbocycles. The van der Waals surface area contributed by atoms with Gasteiger partial charge >= 0.3 is 0 Å². The molecule has 2 amide bonds. The van der Waals surface area contributed by atoms with E-state index in [1.54, 1.807) is 0 Å². The molecule has 0 unspecified atom stereocenters. The summed E-state index contributed by atoms with van der Waals surface area (Å²) in [5, 5.41) is 0. The van der Waals surface area contributed by atoms with E-state index in [1.807, 2.05) is 0 Å². The molecule has 0 aliphatic heterocycles. The number of unbranched alkanes of at least 4 members (excludes halogenated alkanes) is 2. The monoisotopic (exact) mass is 229 g/mol. The standard InChI is InChI=1S/C12H25N2O2/c1-11(15)13(2)12(16)9-7-6-8-10-14(3,4)5/h6-10H2,1-5H3/q+1. The van der Waals surface area contributed by atoms with Gasteiger partial charge in [-0.05, 0) is 19.3 Å². The molecule has 0 rings (SSSR count). The summed E-state index contributed by atoms with van der Waals surface area (Å²) < 4.78 is 0.960. The quantitative estimate of drug-likeness (QED) is 0.508. The van der Waals surface area contributed by atoms with Crippen LogP contribution in [0.3, 0.4) is 0 Å². The van der Waals surface area contributed by atoms with Gasteiger partial charge in [-0.1, -0.05) is 0 Å². The minimum Gasteiger partial charge on any atom is -0.331 e. The Morgan fingerprint density at radius 1 is 1.06 bits per heavy atom. The van der Waals surface area contributed by atoms with Crippen molar-refractivity contribution in [2.75, 3.05) is 34.7 Å². The molecule has 0 bridgehead atoms. The van der Waals surface area contributed by atoms with Gasteiger partial charge in [0, 0.05) is 20.4 Å². The zero-order valence-corrected chi connectivity index (χ0v) is 11.2. The fourth-order valence-electron chi connectivity index (χ4n) is 1.38. The molecule has 0 saturated heterocycles. The van der Waals surface area contributed by atoms with Crippen LogP contribution in [0.5, 0.6) is 0 Å². The number of nitrogens with zero attached hydrogens (tertiary/aromatic N) is 2. The molecule has 0 radical (unpaired) electrons. The number of carbonyl (C=O) groups is 2. The van der Waals surface area contributed by atoms with Crippen LogP contribution in [0.15, 0.2) is 0 Å². The second kappa shape index (κ2) is 6.63. The minimum absolute atomic E-state index is 0.0715. The van der Waals surface area contributed by atoms with Crippen molar-refractivity contribution in [2.24, 2.45) is 0 Å². The Balaban J connectivity index is 3.60. The molecule has 0 heterocycles. The molecule has 16 heavy (non-hydrogen) atoms. The Bertz CT molecular complexity index is 244. The second-order valence-corrected chi connectivity index (χ2v) is 5.30. The zero-order chi connectivity index (χ0) is 12.8. The molecular formula is C12H25N2O2+. The topological polar surface area (TPSA) is 37.4 Å². The molecule has 0 spiro atoms. The van der Waals surface area contributed by atoms with Crippen molar-refractivity contribution in [3.05, 3.63) is 0 Å². The predicted octanol–water partition coefficient (Wildman–Crippen LogP) is 1.26. The lowest BCUT2D eigenvalue weighted by molar-refractivity contribution is -0.870. The van der Waals surface area contributed by atoms with E-state index in [-0.39, 0.29) is 11.8 Å². The summed E-state index contributed by atoms with van der Waals surface area (Å²) in [5.41, 5.74) is 0. The third-order valence-corrected chi connectivity index (χ3v) is 2.57. The highest BCUT2D eigenvalue weighted by atomic mass is 16.2. The molecule has 0 aromatic heterocycles. The van der Waals surface area contributed by atoms with Crippen molar-refractivity contribution in [1.82, 2.24) is 4.90 Å². The van der Waals surface area contributed by atoms with E-state index in [2.05, 4.69) is 21.1 Å². The smallest absolute Gasteiger partial charge is 0.228 e. The van der Waals surface area contributed by atoms with Gasteiger partial charge in [0.2, 0.25) is 11.8 Å². The molecule has 0 N–H and O–H groups in total. The Morgan fingerprint density at radius 3 is 2.06 bits per heavy atom. The van der Waals surface area contributed by atoms with Crippen molar-refractivity contribution in [1.29, 1.82) is 0 Å². The summed E-state index contributed by atoms with van der Waals surface area (Å²) >= 11 is 0. The molecule has 0 aromatic carbocycles. The molecule has 4 nitrogen and oxygen atoms in total. The number of quaternary nitrogens is 1. The first-order valence-electron chi connectivity index (χ1n) is 5.81. The van der Waals surface area contributed by atoms with Gasteiger partial charge in [0.15, 0.2) is 0 Å². The van der Waals surface area contributed by atoms with Crippen LogP contribution in [0.4, 0.5) is 0 Å². The van der Waals surface area contributed by atoms with Gasteiger partial charge in [-0.15, -0.1) is 0 Å². The van der Waals surface area contributed by atoms with E-state index in [4.69, 9.17) is 0 Å². The van der Waals surface area contributed by atoms with E-state index in [0.717, 1.165) is 30.3 Å². The SMILES string of the molecule is CC(=O)N(C)C(=O)CCCCC[N+](C)(C)C. The van der Waals surface area contributed by atoms with Gasteiger partial charge in [-0.3, -0.25) is 14.5 Å². The van der Waals surface area contributed by atoms with E-state index in [0.29, 0.717) is 6.42 Å². The van der Waals surface area contributed by atoms with Crippen LogP contribution < -0.4 is 0 Å². The lowest BCUT2D eigenvalue weighted by Crippen LogP contribution is -2.35. The molecule has 0 aromatic rings. The van der Waals surface area contributed by atoms with E-state index in [1.165, 1.54) is 18.9 Å². The fraction of sp³-hybridized carbons (Fsp3) is 0.833. The zero-order valence-electron chi connectivity index (χ0n) is 11.2. The van der Waals surface area contributed by atoms with Crippen molar-refractivity contribution >= 4 is 11.8 Å². The lowest BCUT2D eigenvalue weighted by Gasteiger charge is -2.23. The van der Waals surface area contributed by atoms with Crippen molar-refractivity contribution in [3.63, 3.8) is 0 Å². The van der Waals surface area contributed by atoms with Crippen LogP contribution in [0.2, 0.25) is 0 Å². The van der Waals surface area contributed by atoms with Crippen molar-refractivity contribution in [2.45, 2.75) is 32.6 Å². The van der Waals surface area contributed by atoms with Crippen molar-refractivity contribution in [3.8, 4) is 0 Å². The van der Waals surface area contributed by atoms with E-state index >= 15 is 0 Å². The van der Waals surface area contributed by atoms with Crippen LogP contribution in [-0.2, 0) is 9.59 Å². The number of hydrogen-bond donors (Lipinski definition) is 0. The van der Waals surface area contributed by atoms with E-state index in [9.17, 15) is 9.59 Å². The number of amides is 2. The summed E-state index contributed by atoms with van der Waals surface area (Å²) in [7, 11) is 8.02. The minimum atomic E-state index is -0.184. The maximum absolute atomic E-state index is 11.4. The largest absolute Gasteiger partial charge is 0.331 e. The van der Waals surface area contributed by atoms with Crippen LogP contribution in [0.25, 0.3) is 0 Å². The number of hydrogen-bond acceptors (Lipinski definition) is 2. The molecule has 0 aliphatic rings. The van der Waals surface area contributed by atoms with Gasteiger partial charge in [0.1, 0.15) is 0 Å². The Morgan fingerprint density at radius 2 is 1.62 bits per heavy atom. The van der Waals surface area contributed by atoms with Gasteiger partial charge in [0.05, 0.1) is 27.7 Å². The molecular weight excluding hydrogens is 204 g/mol. The predicted molar refractivity (Wildman–Crippen MR) is 64.8 cm³/mol. The Hall–Kier alpha value is -0.900. The fourth-order valence-corrected chi connectivity index (χ4v) is 1.38. The number of imide groups is 1. The average molecular weight is 229 g/mol. The molecule has 0 atom stereocenters. The van der Waals surface area contributed by atoms with Gasteiger partial charge < -0.3 is 4.48 Å². The Kier molecular flexibility index (Phi) is 6.26. The van der Waals surface area contributed by atoms with Crippen LogP contribution in [0, 0.1) is 0 Å². The van der Waals surface area contributed by atoms with Crippen LogP contribution in [-0.4, -0.2) is 55.9 Å². The highest BCUT2D eigenvalue weighted by Crippen LogP contribution is 2.05. The van der Waals surface area contributed by atoms with E-state index < -0.39 is 0 Å². The summed E-state index contributed by atoms with van der Waals surface area (Å²) in [6, 6.07) is 0. The molecule has 0 saturated carbocycles. The third kappa shape index (κ3) is 7.40. The number of rotatable bonds is 6. The summed E-state index contributed by atoms with van der Waals surface area (Å²) in [4.78, 5) is 23.5. The summed E-state index contributed by atoms with van der Waals surface area (Å²) in [5.74, 6) is -0.255. The first-order valence-corrected chi connectivity index (χ1v) is 5.81. The maximum Gasteiger partial charge on any atom is 0.228 e. The van der Waals surface area contributed by atoms with Crippen LogP contribution >= 0.6 is 0 Å². The number of carbonyl (C=O) groups excluding carboxylic acids is 2. The first-order chi connectivity index (χ1) is 7.24. The highest BCUT2D eigenvalue weighted by Gasteiger charge is 2.12. The lowest BCUT2D eigenvalue weighted by atomic mass is 10.1. The maximum atomic E-state index is 11.4. The molecule has 0 fully saturated rings. The third-order valence-electron chi connectivity index (χ3n) is 2.57. The van der Waals surface area contributed by atoms with Crippen molar-refractivity contribution < 1.29 is 14.1 Å². The second-order valence-electron chi connectivity index (χ2n) is 5.30. The van der Waals surface area contributed by atoms with Gasteiger partial charge in [-0.25, -0.2) is 0 Å². The molecule has 4 heteroatoms. The summed E-state index contributed by atoms with van der Waals surface area (Å²) in [6.07, 6.45) is 3.53. The van der Waals surface area contributed by atoms with Gasteiger partial charge in [0.25, 0.3) is 0 Å². The average Bonchev–Trinajstić information content (AvgIpc) is 2.13. The normalized spacial score (nSPS) is 11.3.